The summed E-state index contributed by atoms with van der Waals surface area (Å²) < 4.78 is 0. The van der Waals surface area contributed by atoms with Crippen LogP contribution in [0.2, 0.25) is 0 Å². The average Bonchev–Trinajstić information content (AvgIpc) is 2.52. The number of rotatable bonds is 8. The van der Waals surface area contributed by atoms with Crippen molar-refractivity contribution in [1.29, 1.82) is 0 Å². The Morgan fingerprint density at radius 3 is 2.67 bits per heavy atom. The molecule has 2 rings (SSSR count). The van der Waals surface area contributed by atoms with Gasteiger partial charge in [0.15, 0.2) is 0 Å². The van der Waals surface area contributed by atoms with Crippen molar-refractivity contribution in [3.8, 4) is 0 Å². The fourth-order valence-electron chi connectivity index (χ4n) is 3.54. The Bertz CT molecular complexity index is 416. The first-order valence-corrected chi connectivity index (χ1v) is 8.73. The van der Waals surface area contributed by atoms with E-state index >= 15 is 0 Å². The summed E-state index contributed by atoms with van der Waals surface area (Å²) in [5, 5.41) is 3.39. The average molecular weight is 288 g/mol. The third-order valence-corrected chi connectivity index (χ3v) is 4.94. The van der Waals surface area contributed by atoms with Gasteiger partial charge < -0.3 is 5.32 Å². The van der Waals surface area contributed by atoms with E-state index < -0.39 is 0 Å². The molecule has 0 saturated heterocycles. The lowest BCUT2D eigenvalue weighted by Crippen LogP contribution is -2.47. The van der Waals surface area contributed by atoms with Gasteiger partial charge >= 0.3 is 0 Å². The molecular weight excluding hydrogens is 256 g/mol. The van der Waals surface area contributed by atoms with Gasteiger partial charge in [0.2, 0.25) is 0 Å². The van der Waals surface area contributed by atoms with Crippen molar-refractivity contribution >= 4 is 0 Å². The topological polar surface area (TPSA) is 15.3 Å². The molecule has 2 unspecified atom stereocenters. The molecule has 1 heterocycles. The van der Waals surface area contributed by atoms with Crippen LogP contribution >= 0.6 is 0 Å². The highest BCUT2D eigenvalue weighted by Gasteiger charge is 2.26. The molecule has 118 valence electrons. The van der Waals surface area contributed by atoms with Crippen molar-refractivity contribution in [3.63, 3.8) is 0 Å². The highest BCUT2D eigenvalue weighted by Crippen LogP contribution is 2.25. The molecule has 0 aliphatic carbocycles. The number of nitrogens with zero attached hydrogens (tertiary/aromatic N) is 1. The van der Waals surface area contributed by atoms with Crippen molar-refractivity contribution in [2.24, 2.45) is 5.92 Å². The van der Waals surface area contributed by atoms with E-state index in [9.17, 15) is 0 Å². The Labute approximate surface area is 130 Å². The van der Waals surface area contributed by atoms with Gasteiger partial charge in [-0.15, -0.1) is 0 Å². The number of fused-ring (bicyclic) bond motifs is 1. The Balaban J connectivity index is 2.05. The van der Waals surface area contributed by atoms with E-state index in [1.54, 1.807) is 5.56 Å². The number of benzene rings is 1. The van der Waals surface area contributed by atoms with Crippen LogP contribution in [-0.2, 0) is 13.0 Å². The first kappa shape index (κ1) is 16.5. The van der Waals surface area contributed by atoms with E-state index in [0.29, 0.717) is 6.04 Å². The maximum atomic E-state index is 3.39. The van der Waals surface area contributed by atoms with Crippen LogP contribution < -0.4 is 5.32 Å². The molecule has 2 atom stereocenters. The Morgan fingerprint density at radius 2 is 2.00 bits per heavy atom. The molecule has 0 spiro atoms. The molecule has 2 heteroatoms. The summed E-state index contributed by atoms with van der Waals surface area (Å²) in [5.41, 5.74) is 3.09. The lowest BCUT2D eigenvalue weighted by atomic mass is 9.91. The molecule has 1 aromatic carbocycles. The van der Waals surface area contributed by atoms with E-state index in [4.69, 9.17) is 0 Å². The predicted molar refractivity (Wildman–Crippen MR) is 91.6 cm³/mol. The summed E-state index contributed by atoms with van der Waals surface area (Å²) in [6.45, 7) is 8.14. The lowest BCUT2D eigenvalue weighted by molar-refractivity contribution is 0.137. The molecule has 0 bridgehead atoms. The van der Waals surface area contributed by atoms with Gasteiger partial charge in [0, 0.05) is 25.7 Å². The molecule has 1 aromatic rings. The van der Waals surface area contributed by atoms with Crippen molar-refractivity contribution in [3.05, 3.63) is 35.4 Å². The van der Waals surface area contributed by atoms with Gasteiger partial charge in [0.05, 0.1) is 0 Å². The smallest absolute Gasteiger partial charge is 0.0264 e. The standard InChI is InChI=1S/C19H32N2/c1-4-6-9-16(5-2)14-21-15-18-11-8-7-10-17(18)12-19(21)13-20-3/h7-8,10-11,16,19-20H,4-6,9,12-15H2,1-3H3. The molecule has 1 aliphatic rings. The lowest BCUT2D eigenvalue weighted by Gasteiger charge is -2.39. The molecule has 1 N–H and O–H groups in total. The zero-order valence-electron chi connectivity index (χ0n) is 14.1. The second-order valence-electron chi connectivity index (χ2n) is 6.53. The Hall–Kier alpha value is -0.860. The fraction of sp³-hybridized carbons (Fsp3) is 0.684. The monoisotopic (exact) mass is 288 g/mol. The molecule has 0 saturated carbocycles. The molecule has 0 amide bonds. The normalized spacial score (nSPS) is 20.2. The third-order valence-electron chi connectivity index (χ3n) is 4.94. The van der Waals surface area contributed by atoms with Gasteiger partial charge in [0.25, 0.3) is 0 Å². The minimum atomic E-state index is 0.653. The summed E-state index contributed by atoms with van der Waals surface area (Å²) in [5.74, 6) is 0.856. The van der Waals surface area contributed by atoms with Crippen LogP contribution in [0.1, 0.15) is 50.7 Å². The Kier molecular flexibility index (Phi) is 6.72. The summed E-state index contributed by atoms with van der Waals surface area (Å²) in [6, 6.07) is 9.64. The fourth-order valence-corrected chi connectivity index (χ4v) is 3.54. The first-order chi connectivity index (χ1) is 10.3. The molecule has 0 aromatic heterocycles. The van der Waals surface area contributed by atoms with E-state index in [2.05, 4.69) is 55.4 Å². The third kappa shape index (κ3) is 4.55. The predicted octanol–water partition coefficient (Wildman–Crippen LogP) is 3.85. The van der Waals surface area contributed by atoms with Crippen molar-refractivity contribution in [2.45, 2.75) is 58.5 Å². The molecule has 2 nitrogen and oxygen atoms in total. The van der Waals surface area contributed by atoms with Crippen LogP contribution in [0.15, 0.2) is 24.3 Å². The van der Waals surface area contributed by atoms with E-state index in [1.807, 2.05) is 0 Å². The highest BCUT2D eigenvalue weighted by molar-refractivity contribution is 5.30. The highest BCUT2D eigenvalue weighted by atomic mass is 15.2. The number of unbranched alkanes of at least 4 members (excludes halogenated alkanes) is 1. The first-order valence-electron chi connectivity index (χ1n) is 8.73. The van der Waals surface area contributed by atoms with Gasteiger partial charge in [-0.05, 0) is 36.9 Å². The molecule has 21 heavy (non-hydrogen) atoms. The van der Waals surface area contributed by atoms with Crippen molar-refractivity contribution in [2.75, 3.05) is 20.1 Å². The summed E-state index contributed by atoms with van der Waals surface area (Å²) >= 11 is 0. The number of likely N-dealkylation sites (N-methyl/N-ethyl adjacent to an activating group) is 1. The maximum absolute atomic E-state index is 3.39. The van der Waals surface area contributed by atoms with E-state index in [1.165, 1.54) is 44.2 Å². The zero-order chi connectivity index (χ0) is 15.1. The second-order valence-corrected chi connectivity index (χ2v) is 6.53. The number of hydrogen-bond donors (Lipinski definition) is 1. The molecule has 0 radical (unpaired) electrons. The quantitative estimate of drug-likeness (QED) is 0.781. The maximum Gasteiger partial charge on any atom is 0.0264 e. The number of nitrogens with one attached hydrogen (secondary N) is 1. The van der Waals surface area contributed by atoms with Gasteiger partial charge in [-0.25, -0.2) is 0 Å². The van der Waals surface area contributed by atoms with Crippen molar-refractivity contribution < 1.29 is 0 Å². The van der Waals surface area contributed by atoms with Gasteiger partial charge in [-0.1, -0.05) is 57.4 Å². The Morgan fingerprint density at radius 1 is 1.24 bits per heavy atom. The van der Waals surface area contributed by atoms with Gasteiger partial charge in [0.1, 0.15) is 0 Å². The second kappa shape index (κ2) is 8.55. The van der Waals surface area contributed by atoms with Crippen LogP contribution in [0.5, 0.6) is 0 Å². The minimum absolute atomic E-state index is 0.653. The van der Waals surface area contributed by atoms with Crippen molar-refractivity contribution in [1.82, 2.24) is 10.2 Å². The SMILES string of the molecule is CCCCC(CC)CN1Cc2ccccc2CC1CNC. The summed E-state index contributed by atoms with van der Waals surface area (Å²) in [7, 11) is 2.08. The van der Waals surface area contributed by atoms with Crippen LogP contribution in [0, 0.1) is 5.92 Å². The van der Waals surface area contributed by atoms with E-state index in [-0.39, 0.29) is 0 Å². The van der Waals surface area contributed by atoms with E-state index in [0.717, 1.165) is 19.0 Å². The van der Waals surface area contributed by atoms with Crippen LogP contribution in [0.25, 0.3) is 0 Å². The number of hydrogen-bond acceptors (Lipinski definition) is 2. The van der Waals surface area contributed by atoms with Crippen LogP contribution in [-0.4, -0.2) is 31.1 Å². The summed E-state index contributed by atoms with van der Waals surface area (Å²) in [4.78, 5) is 2.72. The molecular formula is C19H32N2. The van der Waals surface area contributed by atoms with Gasteiger partial charge in [-0.3, -0.25) is 4.90 Å². The van der Waals surface area contributed by atoms with Crippen LogP contribution in [0.4, 0.5) is 0 Å². The summed E-state index contributed by atoms with van der Waals surface area (Å²) in [6.07, 6.45) is 6.59. The minimum Gasteiger partial charge on any atom is -0.318 e. The van der Waals surface area contributed by atoms with Crippen LogP contribution in [0.3, 0.4) is 0 Å². The molecule has 1 aliphatic heterocycles. The van der Waals surface area contributed by atoms with Gasteiger partial charge in [-0.2, -0.15) is 0 Å². The molecule has 0 fully saturated rings. The largest absolute Gasteiger partial charge is 0.318 e. The zero-order valence-corrected chi connectivity index (χ0v) is 14.1.